The number of rotatable bonds is 2. The van der Waals surface area contributed by atoms with Crippen molar-refractivity contribution in [3.8, 4) is 0 Å². The molecule has 96 valence electrons. The molecule has 0 bridgehead atoms. The number of aliphatic hydroxyl groups excluding tert-OH is 1. The molecule has 0 aliphatic heterocycles. The zero-order chi connectivity index (χ0) is 13.6. The van der Waals surface area contributed by atoms with Crippen LogP contribution >= 0.6 is 0 Å². The average Bonchev–Trinajstić information content (AvgIpc) is 2.17. The maximum Gasteiger partial charge on any atom is 0.294 e. The number of aliphatic hydroxyl groups is 1. The number of carbonyl (C=O) groups is 1. The third kappa shape index (κ3) is 6.83. The molecule has 0 radical (unpaired) electrons. The van der Waals surface area contributed by atoms with Crippen molar-refractivity contribution in [1.82, 2.24) is 0 Å². The highest BCUT2D eigenvalue weighted by molar-refractivity contribution is 7.85. The van der Waals surface area contributed by atoms with E-state index in [1.165, 1.54) is 26.0 Å². The number of hydrogen-bond donors (Lipinski definition) is 2. The van der Waals surface area contributed by atoms with E-state index in [-0.39, 0.29) is 10.7 Å². The Morgan fingerprint density at radius 3 is 1.82 bits per heavy atom. The molecule has 1 rings (SSSR count). The van der Waals surface area contributed by atoms with Crippen LogP contribution in [0.1, 0.15) is 19.4 Å². The molecule has 17 heavy (non-hydrogen) atoms. The molecule has 0 aliphatic rings. The van der Waals surface area contributed by atoms with Gasteiger partial charge in [-0.2, -0.15) is 8.42 Å². The van der Waals surface area contributed by atoms with Crippen LogP contribution in [0.15, 0.2) is 29.2 Å². The smallest absolute Gasteiger partial charge is 0.294 e. The fourth-order valence-electron chi connectivity index (χ4n) is 0.710. The molecule has 1 unspecified atom stereocenters. The normalized spacial score (nSPS) is 12.3. The fraction of sp³-hybridized carbons (Fsp3) is 0.364. The second-order valence-corrected chi connectivity index (χ2v) is 5.00. The molecule has 5 nitrogen and oxygen atoms in total. The first kappa shape index (κ1) is 15.8. The summed E-state index contributed by atoms with van der Waals surface area (Å²) >= 11 is 0. The van der Waals surface area contributed by atoms with E-state index >= 15 is 0 Å². The Balaban J connectivity index is 0.000000366. The number of carbonyl (C=O) groups excluding carboxylic acids is 1. The summed E-state index contributed by atoms with van der Waals surface area (Å²) in [5, 5.41) is 8.28. The second kappa shape index (κ2) is 6.48. The van der Waals surface area contributed by atoms with Gasteiger partial charge in [0.1, 0.15) is 6.10 Å². The number of hydrogen-bond acceptors (Lipinski definition) is 4. The van der Waals surface area contributed by atoms with Gasteiger partial charge in [-0.15, -0.1) is 0 Å². The molecule has 0 saturated carbocycles. The van der Waals surface area contributed by atoms with Gasteiger partial charge in [0.25, 0.3) is 10.1 Å². The van der Waals surface area contributed by atoms with Gasteiger partial charge < -0.3 is 5.11 Å². The zero-order valence-corrected chi connectivity index (χ0v) is 10.7. The molecular weight excluding hydrogens is 244 g/mol. The van der Waals surface area contributed by atoms with Crippen molar-refractivity contribution in [2.45, 2.75) is 31.8 Å². The van der Waals surface area contributed by atoms with Crippen LogP contribution in [-0.4, -0.2) is 30.0 Å². The minimum Gasteiger partial charge on any atom is -0.386 e. The Kier molecular flexibility index (Phi) is 6.01. The number of ketones is 1. The molecule has 0 amide bonds. The summed E-state index contributed by atoms with van der Waals surface area (Å²) < 4.78 is 29.6. The summed E-state index contributed by atoms with van der Waals surface area (Å²) in [5.41, 5.74) is 0.956. The van der Waals surface area contributed by atoms with Gasteiger partial charge in [0.05, 0.1) is 4.90 Å². The van der Waals surface area contributed by atoms with E-state index in [1.54, 1.807) is 12.1 Å². The van der Waals surface area contributed by atoms with E-state index in [2.05, 4.69) is 0 Å². The summed E-state index contributed by atoms with van der Waals surface area (Å²) in [6.45, 7) is 4.64. The molecule has 0 spiro atoms. The topological polar surface area (TPSA) is 91.7 Å². The van der Waals surface area contributed by atoms with E-state index in [1.807, 2.05) is 6.92 Å². The molecule has 2 N–H and O–H groups in total. The molecule has 0 fully saturated rings. The molecule has 1 atom stereocenters. The lowest BCUT2D eigenvalue weighted by molar-refractivity contribution is -0.124. The third-order valence-corrected chi connectivity index (χ3v) is 2.78. The van der Waals surface area contributed by atoms with E-state index < -0.39 is 16.2 Å². The first-order valence-corrected chi connectivity index (χ1v) is 6.31. The molecule has 0 heterocycles. The Morgan fingerprint density at radius 1 is 1.24 bits per heavy atom. The highest BCUT2D eigenvalue weighted by atomic mass is 32.2. The molecule has 0 saturated heterocycles. The van der Waals surface area contributed by atoms with Crippen LogP contribution in [-0.2, 0) is 14.9 Å². The molecular formula is C11H16O5S. The van der Waals surface area contributed by atoms with Crippen LogP contribution in [0.25, 0.3) is 0 Å². The van der Waals surface area contributed by atoms with Gasteiger partial charge in [0, 0.05) is 0 Å². The van der Waals surface area contributed by atoms with E-state index in [0.29, 0.717) is 0 Å². The molecule has 0 aromatic heterocycles. The van der Waals surface area contributed by atoms with Crippen molar-refractivity contribution < 1.29 is 22.9 Å². The van der Waals surface area contributed by atoms with Crippen molar-refractivity contribution in [2.75, 3.05) is 0 Å². The van der Waals surface area contributed by atoms with Gasteiger partial charge in [-0.25, -0.2) is 0 Å². The lowest BCUT2D eigenvalue weighted by atomic mass is 10.2. The van der Waals surface area contributed by atoms with Crippen molar-refractivity contribution in [3.05, 3.63) is 29.8 Å². The van der Waals surface area contributed by atoms with Crippen LogP contribution < -0.4 is 0 Å². The summed E-state index contributed by atoms with van der Waals surface area (Å²) in [4.78, 5) is 9.83. The molecule has 1 aromatic carbocycles. The van der Waals surface area contributed by atoms with Gasteiger partial charge in [0.2, 0.25) is 0 Å². The predicted molar refractivity (Wildman–Crippen MR) is 63.4 cm³/mol. The summed E-state index contributed by atoms with van der Waals surface area (Å²) in [5.74, 6) is -0.185. The maximum absolute atomic E-state index is 10.5. The molecule has 0 aliphatic carbocycles. The van der Waals surface area contributed by atoms with Crippen LogP contribution in [0.5, 0.6) is 0 Å². The summed E-state index contributed by atoms with van der Waals surface area (Å²) in [6, 6.07) is 5.99. The first-order valence-electron chi connectivity index (χ1n) is 4.87. The predicted octanol–water partition coefficient (Wildman–Crippen LogP) is 1.20. The standard InChI is InChI=1S/C7H8O3S.C4H8O2/c1-6-2-4-7(5-3-6)11(8,9)10;1-3(5)4(2)6/h2-5H,1H3,(H,8,9,10);3,5H,1-2H3. The van der Waals surface area contributed by atoms with E-state index in [4.69, 9.17) is 9.66 Å². The monoisotopic (exact) mass is 260 g/mol. The van der Waals surface area contributed by atoms with Crippen molar-refractivity contribution in [1.29, 1.82) is 0 Å². The van der Waals surface area contributed by atoms with Gasteiger partial charge in [-0.3, -0.25) is 9.35 Å². The van der Waals surface area contributed by atoms with Gasteiger partial charge in [-0.05, 0) is 32.9 Å². The Hall–Kier alpha value is -1.24. The lowest BCUT2D eigenvalue weighted by Gasteiger charge is -1.95. The summed E-state index contributed by atoms with van der Waals surface area (Å²) in [6.07, 6.45) is -0.787. The first-order chi connectivity index (χ1) is 7.64. The quantitative estimate of drug-likeness (QED) is 0.779. The van der Waals surface area contributed by atoms with Gasteiger partial charge >= 0.3 is 0 Å². The van der Waals surface area contributed by atoms with Crippen LogP contribution in [0.3, 0.4) is 0 Å². The minimum atomic E-state index is -4.02. The zero-order valence-electron chi connectivity index (χ0n) is 9.91. The van der Waals surface area contributed by atoms with Gasteiger partial charge in [0.15, 0.2) is 5.78 Å². The van der Waals surface area contributed by atoms with Crippen LogP contribution in [0, 0.1) is 6.92 Å². The molecule has 1 aromatic rings. The Bertz CT molecular complexity index is 459. The molecule has 6 heteroatoms. The number of benzene rings is 1. The van der Waals surface area contributed by atoms with E-state index in [9.17, 15) is 13.2 Å². The van der Waals surface area contributed by atoms with E-state index in [0.717, 1.165) is 5.56 Å². The Morgan fingerprint density at radius 2 is 1.59 bits per heavy atom. The largest absolute Gasteiger partial charge is 0.386 e. The van der Waals surface area contributed by atoms with Crippen molar-refractivity contribution in [2.24, 2.45) is 0 Å². The third-order valence-electron chi connectivity index (χ3n) is 1.91. The van der Waals surface area contributed by atoms with Crippen LogP contribution in [0.4, 0.5) is 0 Å². The maximum atomic E-state index is 10.5. The summed E-state index contributed by atoms with van der Waals surface area (Å²) in [7, 11) is -4.02. The SMILES string of the molecule is CC(=O)C(C)O.Cc1ccc(S(=O)(=O)O)cc1. The average molecular weight is 260 g/mol. The fourth-order valence-corrected chi connectivity index (χ4v) is 1.19. The van der Waals surface area contributed by atoms with Crippen molar-refractivity contribution >= 4 is 15.9 Å². The van der Waals surface area contributed by atoms with Gasteiger partial charge in [-0.1, -0.05) is 17.7 Å². The highest BCUT2D eigenvalue weighted by Gasteiger charge is 2.06. The number of aryl methyl sites for hydroxylation is 1. The van der Waals surface area contributed by atoms with Crippen LogP contribution in [0.2, 0.25) is 0 Å². The lowest BCUT2D eigenvalue weighted by Crippen LogP contribution is -2.10. The highest BCUT2D eigenvalue weighted by Crippen LogP contribution is 2.08. The number of Topliss-reactive ketones (excluding diaryl/α,β-unsaturated/α-hetero) is 1. The Labute approximate surface area is 101 Å². The minimum absolute atomic E-state index is 0.0666. The van der Waals surface area contributed by atoms with Crippen molar-refractivity contribution in [3.63, 3.8) is 0 Å². The second-order valence-electron chi connectivity index (χ2n) is 3.57.